The minimum atomic E-state index is -0.825. The molecule has 1 aromatic carbocycles. The van der Waals surface area contributed by atoms with Gasteiger partial charge in [-0.1, -0.05) is 11.6 Å². The lowest BCUT2D eigenvalue weighted by Crippen LogP contribution is -2.00. The van der Waals surface area contributed by atoms with E-state index in [0.29, 0.717) is 0 Å². The molecular formula is C11H10ClF2N3. The fourth-order valence-electron chi connectivity index (χ4n) is 1.61. The van der Waals surface area contributed by atoms with Crippen molar-refractivity contribution in [2.24, 2.45) is 7.05 Å². The number of halogens is 3. The third kappa shape index (κ3) is 1.76. The number of hydrogen-bond acceptors (Lipinski definition) is 2. The van der Waals surface area contributed by atoms with Crippen LogP contribution in [0.5, 0.6) is 0 Å². The maximum atomic E-state index is 13.9. The minimum Gasteiger partial charge on any atom is -0.383 e. The van der Waals surface area contributed by atoms with E-state index in [-0.39, 0.29) is 27.5 Å². The standard InChI is InChI=1S/C11H10ClF2N3/c1-5-3-7(12)10(14)8(9(5)13)6-4-16-17(2)11(6)15/h3-4H,15H2,1-2H3. The van der Waals surface area contributed by atoms with Crippen LogP contribution in [-0.2, 0) is 7.05 Å². The Morgan fingerprint density at radius 1 is 1.35 bits per heavy atom. The third-order valence-corrected chi connectivity index (χ3v) is 2.87. The fraction of sp³-hybridized carbons (Fsp3) is 0.182. The molecule has 0 aliphatic carbocycles. The van der Waals surface area contributed by atoms with Gasteiger partial charge in [-0.15, -0.1) is 0 Å². The fourth-order valence-corrected chi connectivity index (χ4v) is 1.86. The Kier molecular flexibility index (Phi) is 2.79. The normalized spacial score (nSPS) is 10.9. The molecule has 17 heavy (non-hydrogen) atoms. The molecule has 0 aliphatic rings. The molecule has 0 atom stereocenters. The molecule has 0 radical (unpaired) electrons. The van der Waals surface area contributed by atoms with E-state index in [1.54, 1.807) is 7.05 Å². The van der Waals surface area contributed by atoms with Gasteiger partial charge in [-0.05, 0) is 18.6 Å². The number of anilines is 1. The number of nitrogen functional groups attached to an aromatic ring is 1. The first kappa shape index (κ1) is 11.9. The summed E-state index contributed by atoms with van der Waals surface area (Å²) in [5, 5.41) is 3.71. The maximum Gasteiger partial charge on any atom is 0.152 e. The highest BCUT2D eigenvalue weighted by Gasteiger charge is 2.21. The summed E-state index contributed by atoms with van der Waals surface area (Å²) < 4.78 is 29.1. The molecule has 0 bridgehead atoms. The van der Waals surface area contributed by atoms with Crippen LogP contribution in [0.4, 0.5) is 14.6 Å². The lowest BCUT2D eigenvalue weighted by Gasteiger charge is -2.08. The van der Waals surface area contributed by atoms with E-state index >= 15 is 0 Å². The van der Waals surface area contributed by atoms with Crippen molar-refractivity contribution in [2.75, 3.05) is 5.73 Å². The molecule has 1 aromatic heterocycles. The van der Waals surface area contributed by atoms with Gasteiger partial charge in [-0.3, -0.25) is 4.68 Å². The van der Waals surface area contributed by atoms with Crippen LogP contribution in [0.2, 0.25) is 5.02 Å². The van der Waals surface area contributed by atoms with Crippen molar-refractivity contribution in [3.8, 4) is 11.1 Å². The summed E-state index contributed by atoms with van der Waals surface area (Å²) >= 11 is 5.69. The van der Waals surface area contributed by atoms with Crippen molar-refractivity contribution in [3.63, 3.8) is 0 Å². The second-order valence-corrected chi connectivity index (χ2v) is 4.15. The predicted molar refractivity (Wildman–Crippen MR) is 62.7 cm³/mol. The molecule has 2 N–H and O–H groups in total. The van der Waals surface area contributed by atoms with Gasteiger partial charge in [-0.2, -0.15) is 5.10 Å². The molecule has 1 heterocycles. The van der Waals surface area contributed by atoms with Crippen molar-refractivity contribution in [1.82, 2.24) is 9.78 Å². The van der Waals surface area contributed by atoms with Crippen molar-refractivity contribution in [3.05, 3.63) is 34.5 Å². The molecule has 0 fully saturated rings. The van der Waals surface area contributed by atoms with Gasteiger partial charge >= 0.3 is 0 Å². The number of nitrogens with two attached hydrogens (primary N) is 1. The second kappa shape index (κ2) is 4.00. The highest BCUT2D eigenvalue weighted by molar-refractivity contribution is 6.31. The Labute approximate surface area is 102 Å². The Morgan fingerprint density at radius 2 is 2.00 bits per heavy atom. The van der Waals surface area contributed by atoms with Crippen molar-refractivity contribution in [1.29, 1.82) is 0 Å². The van der Waals surface area contributed by atoms with Gasteiger partial charge in [-0.25, -0.2) is 8.78 Å². The van der Waals surface area contributed by atoms with Gasteiger partial charge < -0.3 is 5.73 Å². The Balaban J connectivity index is 2.79. The highest BCUT2D eigenvalue weighted by atomic mass is 35.5. The Hall–Kier alpha value is -1.62. The number of nitrogens with zero attached hydrogens (tertiary/aromatic N) is 2. The van der Waals surface area contributed by atoms with Crippen LogP contribution in [0.3, 0.4) is 0 Å². The van der Waals surface area contributed by atoms with Crippen LogP contribution in [-0.4, -0.2) is 9.78 Å². The summed E-state index contributed by atoms with van der Waals surface area (Å²) in [4.78, 5) is 0. The van der Waals surface area contributed by atoms with Gasteiger partial charge in [0.15, 0.2) is 5.82 Å². The smallest absolute Gasteiger partial charge is 0.152 e. The van der Waals surface area contributed by atoms with Crippen molar-refractivity contribution < 1.29 is 8.78 Å². The molecule has 90 valence electrons. The number of rotatable bonds is 1. The molecule has 0 unspecified atom stereocenters. The van der Waals surface area contributed by atoms with Gasteiger partial charge in [0.05, 0.1) is 16.8 Å². The molecule has 0 saturated carbocycles. The van der Waals surface area contributed by atoms with E-state index in [9.17, 15) is 8.78 Å². The zero-order chi connectivity index (χ0) is 12.7. The van der Waals surface area contributed by atoms with E-state index in [1.165, 1.54) is 23.9 Å². The first-order valence-corrected chi connectivity index (χ1v) is 5.23. The van der Waals surface area contributed by atoms with Crippen LogP contribution in [0.15, 0.2) is 12.3 Å². The van der Waals surface area contributed by atoms with E-state index in [1.807, 2.05) is 0 Å². The number of hydrogen-bond donors (Lipinski definition) is 1. The number of aromatic nitrogens is 2. The summed E-state index contributed by atoms with van der Waals surface area (Å²) in [6, 6.07) is 1.24. The minimum absolute atomic E-state index is 0.137. The van der Waals surface area contributed by atoms with Crippen LogP contribution >= 0.6 is 11.6 Å². The molecule has 0 saturated heterocycles. The first-order valence-electron chi connectivity index (χ1n) is 4.85. The van der Waals surface area contributed by atoms with Crippen molar-refractivity contribution >= 4 is 17.4 Å². The molecule has 2 aromatic rings. The predicted octanol–water partition coefficient (Wildman–Crippen LogP) is 2.91. The zero-order valence-electron chi connectivity index (χ0n) is 9.26. The average molecular weight is 258 g/mol. The zero-order valence-corrected chi connectivity index (χ0v) is 10.0. The SMILES string of the molecule is Cc1cc(Cl)c(F)c(-c2cnn(C)c2N)c1F. The Morgan fingerprint density at radius 3 is 2.53 bits per heavy atom. The molecule has 6 heteroatoms. The van der Waals surface area contributed by atoms with Gasteiger partial charge in [0, 0.05) is 12.6 Å². The second-order valence-electron chi connectivity index (χ2n) is 3.75. The summed E-state index contributed by atoms with van der Waals surface area (Å²) in [5.74, 6) is -1.31. The number of aryl methyl sites for hydroxylation is 2. The summed E-state index contributed by atoms with van der Waals surface area (Å²) in [6.45, 7) is 1.51. The molecule has 0 aliphatic heterocycles. The monoisotopic (exact) mass is 257 g/mol. The Bertz CT molecular complexity index is 567. The topological polar surface area (TPSA) is 43.8 Å². The molecule has 0 amide bonds. The third-order valence-electron chi connectivity index (χ3n) is 2.59. The van der Waals surface area contributed by atoms with Crippen LogP contribution in [0.1, 0.15) is 5.56 Å². The molecular weight excluding hydrogens is 248 g/mol. The van der Waals surface area contributed by atoms with Gasteiger partial charge in [0.25, 0.3) is 0 Å². The number of benzene rings is 1. The van der Waals surface area contributed by atoms with Gasteiger partial charge in [0.2, 0.25) is 0 Å². The summed E-state index contributed by atoms with van der Waals surface area (Å²) in [7, 11) is 1.59. The van der Waals surface area contributed by atoms with E-state index in [0.717, 1.165) is 0 Å². The summed E-state index contributed by atoms with van der Waals surface area (Å²) in [5.41, 5.74) is 5.92. The quantitative estimate of drug-likeness (QED) is 0.799. The largest absolute Gasteiger partial charge is 0.383 e. The molecule has 3 nitrogen and oxygen atoms in total. The van der Waals surface area contributed by atoms with Crippen LogP contribution in [0, 0.1) is 18.6 Å². The average Bonchev–Trinajstić information content (AvgIpc) is 2.59. The molecule has 2 rings (SSSR count). The lowest BCUT2D eigenvalue weighted by molar-refractivity contribution is 0.584. The first-order chi connectivity index (χ1) is 7.93. The highest BCUT2D eigenvalue weighted by Crippen LogP contribution is 2.35. The van der Waals surface area contributed by atoms with E-state index < -0.39 is 11.6 Å². The molecule has 0 spiro atoms. The maximum absolute atomic E-state index is 13.9. The van der Waals surface area contributed by atoms with Crippen LogP contribution in [0.25, 0.3) is 11.1 Å². The van der Waals surface area contributed by atoms with Crippen molar-refractivity contribution in [2.45, 2.75) is 6.92 Å². The van der Waals surface area contributed by atoms with Gasteiger partial charge in [0.1, 0.15) is 11.6 Å². The van der Waals surface area contributed by atoms with E-state index in [2.05, 4.69) is 5.10 Å². The summed E-state index contributed by atoms with van der Waals surface area (Å²) in [6.07, 6.45) is 1.31. The lowest BCUT2D eigenvalue weighted by atomic mass is 10.0. The van der Waals surface area contributed by atoms with Crippen LogP contribution < -0.4 is 5.73 Å². The van der Waals surface area contributed by atoms with E-state index in [4.69, 9.17) is 17.3 Å².